The van der Waals surface area contributed by atoms with Gasteiger partial charge in [0.15, 0.2) is 5.82 Å². The highest BCUT2D eigenvalue weighted by Crippen LogP contribution is 2.30. The highest BCUT2D eigenvalue weighted by molar-refractivity contribution is 7.17. The molecule has 0 saturated heterocycles. The monoisotopic (exact) mass is 419 g/mol. The number of nitrogens with one attached hydrogen (secondary N) is 1. The van der Waals surface area contributed by atoms with E-state index in [0.29, 0.717) is 34.7 Å². The van der Waals surface area contributed by atoms with Crippen molar-refractivity contribution in [2.45, 2.75) is 19.6 Å². The zero-order valence-corrected chi connectivity index (χ0v) is 17.2. The Kier molecular flexibility index (Phi) is 5.70. The van der Waals surface area contributed by atoms with Crippen LogP contribution < -0.4 is 10.5 Å². The van der Waals surface area contributed by atoms with Crippen LogP contribution in [0, 0.1) is 17.1 Å². The predicted octanol–water partition coefficient (Wildman–Crippen LogP) is 3.00. The topological polar surface area (TPSA) is 63.1 Å². The first-order valence-corrected chi connectivity index (χ1v) is 10.4. The molecule has 2 heterocycles. The Morgan fingerprint density at radius 1 is 1.13 bits per heavy atom. The molecule has 1 atom stereocenters. The molecule has 0 radical (unpaired) electrons. The molecule has 150 valence electrons. The lowest BCUT2D eigenvalue weighted by Gasteiger charge is -2.16. The second-order valence-electron chi connectivity index (χ2n) is 7.18. The third-order valence-corrected chi connectivity index (χ3v) is 5.87. The van der Waals surface area contributed by atoms with Crippen molar-refractivity contribution < 1.29 is 9.29 Å². The first-order chi connectivity index (χ1) is 14.6. The average molecular weight is 420 g/mol. The fourth-order valence-corrected chi connectivity index (χ4v) is 4.52. The summed E-state index contributed by atoms with van der Waals surface area (Å²) in [5.41, 5.74) is 2.17. The summed E-state index contributed by atoms with van der Waals surface area (Å²) in [7, 11) is 1.92. The van der Waals surface area contributed by atoms with Crippen molar-refractivity contribution >= 4 is 21.6 Å². The molecule has 4 rings (SSSR count). The molecule has 4 aromatic rings. The largest absolute Gasteiger partial charge is 0.327 e. The third kappa shape index (κ3) is 3.88. The zero-order valence-electron chi connectivity index (χ0n) is 16.4. The van der Waals surface area contributed by atoms with E-state index in [0.717, 1.165) is 16.0 Å². The number of nitriles is 1. The van der Waals surface area contributed by atoms with Crippen molar-refractivity contribution in [3.63, 3.8) is 0 Å². The van der Waals surface area contributed by atoms with Gasteiger partial charge in [-0.1, -0.05) is 48.5 Å². The van der Waals surface area contributed by atoms with E-state index in [-0.39, 0.29) is 17.9 Å². The van der Waals surface area contributed by atoms with E-state index >= 15 is 0 Å². The van der Waals surface area contributed by atoms with Crippen LogP contribution in [0.2, 0.25) is 0 Å². The third-order valence-electron chi connectivity index (χ3n) is 5.00. The van der Waals surface area contributed by atoms with E-state index in [1.807, 2.05) is 42.8 Å². The van der Waals surface area contributed by atoms with Crippen LogP contribution in [0.25, 0.3) is 21.3 Å². The number of thiophene rings is 1. The molecule has 0 spiro atoms. The molecule has 5 nitrogen and oxygen atoms in total. The highest BCUT2D eigenvalue weighted by Gasteiger charge is 2.19. The van der Waals surface area contributed by atoms with E-state index in [2.05, 4.69) is 6.07 Å². The molecular formula is C23H20FN4OS+. The molecule has 2 aromatic carbocycles. The van der Waals surface area contributed by atoms with Gasteiger partial charge in [0, 0.05) is 16.5 Å². The van der Waals surface area contributed by atoms with Crippen LogP contribution in [0.15, 0.2) is 64.8 Å². The first-order valence-electron chi connectivity index (χ1n) is 9.56. The van der Waals surface area contributed by atoms with Gasteiger partial charge in [0.2, 0.25) is 0 Å². The predicted molar refractivity (Wildman–Crippen MR) is 116 cm³/mol. The molecule has 7 heteroatoms. The van der Waals surface area contributed by atoms with Crippen LogP contribution in [-0.4, -0.2) is 16.6 Å². The molecule has 0 aliphatic rings. The van der Waals surface area contributed by atoms with E-state index < -0.39 is 0 Å². The summed E-state index contributed by atoms with van der Waals surface area (Å²) in [6.45, 7) is 0.779. The number of rotatable bonds is 6. The summed E-state index contributed by atoms with van der Waals surface area (Å²) in [5.74, 6) is 0.282. The summed E-state index contributed by atoms with van der Waals surface area (Å²) in [5, 5.41) is 11.8. The standard InChI is InChI=1S/C23H19FN4OS/c1-27(13-17-9-5-6-10-19(17)24)14-20-26-22-21(23(29)28(20)12-11-25)18(15-30-22)16-7-3-2-4-8-16/h2-10,15H,12-14H2,1H3/p+1. The van der Waals surface area contributed by atoms with Gasteiger partial charge in [0.1, 0.15) is 30.3 Å². The maximum atomic E-state index is 14.0. The van der Waals surface area contributed by atoms with E-state index in [1.165, 1.54) is 22.0 Å². The van der Waals surface area contributed by atoms with Crippen molar-refractivity contribution in [1.82, 2.24) is 9.55 Å². The van der Waals surface area contributed by atoms with Crippen molar-refractivity contribution in [3.8, 4) is 17.2 Å². The van der Waals surface area contributed by atoms with Crippen LogP contribution in [-0.2, 0) is 19.6 Å². The second kappa shape index (κ2) is 8.57. The fraction of sp³-hybridized carbons (Fsp3) is 0.174. The number of hydrogen-bond donors (Lipinski definition) is 1. The maximum Gasteiger partial charge on any atom is 0.264 e. The summed E-state index contributed by atoms with van der Waals surface area (Å²) in [6, 6.07) is 18.4. The minimum absolute atomic E-state index is 0.0752. The summed E-state index contributed by atoms with van der Waals surface area (Å²) in [6.07, 6.45) is 0. The van der Waals surface area contributed by atoms with Gasteiger partial charge in [0.05, 0.1) is 18.5 Å². The van der Waals surface area contributed by atoms with Crippen molar-refractivity contribution in [3.05, 3.63) is 87.5 Å². The number of quaternary nitrogens is 1. The lowest BCUT2D eigenvalue weighted by atomic mass is 10.1. The minimum atomic E-state index is -0.250. The molecule has 30 heavy (non-hydrogen) atoms. The molecular weight excluding hydrogens is 399 g/mol. The highest BCUT2D eigenvalue weighted by atomic mass is 32.1. The van der Waals surface area contributed by atoms with Gasteiger partial charge >= 0.3 is 0 Å². The van der Waals surface area contributed by atoms with Crippen LogP contribution >= 0.6 is 11.3 Å². The zero-order chi connectivity index (χ0) is 21.1. The van der Waals surface area contributed by atoms with Gasteiger partial charge in [-0.25, -0.2) is 9.37 Å². The Hall–Kier alpha value is -3.34. The molecule has 0 aliphatic carbocycles. The number of halogens is 1. The van der Waals surface area contributed by atoms with Crippen LogP contribution in [0.3, 0.4) is 0 Å². The molecule has 0 fully saturated rings. The molecule has 1 unspecified atom stereocenters. The number of fused-ring (bicyclic) bond motifs is 1. The van der Waals surface area contributed by atoms with Gasteiger partial charge < -0.3 is 4.90 Å². The van der Waals surface area contributed by atoms with Crippen LogP contribution in [0.5, 0.6) is 0 Å². The second-order valence-corrected chi connectivity index (χ2v) is 8.03. The number of aromatic nitrogens is 2. The van der Waals surface area contributed by atoms with Crippen LogP contribution in [0.4, 0.5) is 4.39 Å². The van der Waals surface area contributed by atoms with Gasteiger partial charge in [0.25, 0.3) is 5.56 Å². The SMILES string of the molecule is C[NH+](Cc1ccccc1F)Cc1nc2scc(-c3ccccc3)c2c(=O)n1CC#N. The Balaban J connectivity index is 1.73. The quantitative estimate of drug-likeness (QED) is 0.523. The molecule has 1 N–H and O–H groups in total. The molecule has 2 aromatic heterocycles. The molecule has 0 bridgehead atoms. The normalized spacial score (nSPS) is 12.0. The smallest absolute Gasteiger partial charge is 0.264 e. The molecule has 0 aliphatic heterocycles. The Bertz CT molecular complexity index is 1290. The fourth-order valence-electron chi connectivity index (χ4n) is 3.56. The van der Waals surface area contributed by atoms with E-state index in [1.54, 1.807) is 18.2 Å². The lowest BCUT2D eigenvalue weighted by molar-refractivity contribution is -0.908. The molecule has 0 amide bonds. The average Bonchev–Trinajstić information content (AvgIpc) is 3.17. The summed E-state index contributed by atoms with van der Waals surface area (Å²) >= 11 is 1.42. The van der Waals surface area contributed by atoms with Crippen molar-refractivity contribution in [2.24, 2.45) is 0 Å². The van der Waals surface area contributed by atoms with Gasteiger partial charge in [-0.05, 0) is 11.6 Å². The minimum Gasteiger partial charge on any atom is -0.327 e. The Morgan fingerprint density at radius 2 is 1.87 bits per heavy atom. The van der Waals surface area contributed by atoms with E-state index in [9.17, 15) is 14.4 Å². The Morgan fingerprint density at radius 3 is 2.60 bits per heavy atom. The van der Waals surface area contributed by atoms with Gasteiger partial charge in [-0.3, -0.25) is 9.36 Å². The maximum absolute atomic E-state index is 14.0. The first kappa shape index (κ1) is 20.0. The lowest BCUT2D eigenvalue weighted by Crippen LogP contribution is -3.06. The summed E-state index contributed by atoms with van der Waals surface area (Å²) in [4.78, 5) is 19.6. The van der Waals surface area contributed by atoms with E-state index in [4.69, 9.17) is 4.98 Å². The number of nitrogens with zero attached hydrogens (tertiary/aromatic N) is 3. The van der Waals surface area contributed by atoms with Crippen molar-refractivity contribution in [2.75, 3.05) is 7.05 Å². The van der Waals surface area contributed by atoms with Gasteiger partial charge in [-0.2, -0.15) is 5.26 Å². The summed E-state index contributed by atoms with van der Waals surface area (Å²) < 4.78 is 15.4. The van der Waals surface area contributed by atoms with Crippen LogP contribution in [0.1, 0.15) is 11.4 Å². The number of hydrogen-bond acceptors (Lipinski definition) is 4. The Labute approximate surface area is 177 Å². The number of benzene rings is 2. The van der Waals surface area contributed by atoms with Gasteiger partial charge in [-0.15, -0.1) is 11.3 Å². The molecule has 0 saturated carbocycles. The van der Waals surface area contributed by atoms with Crippen molar-refractivity contribution in [1.29, 1.82) is 5.26 Å².